The van der Waals surface area contributed by atoms with E-state index in [0.29, 0.717) is 24.9 Å². The van der Waals surface area contributed by atoms with Crippen molar-refractivity contribution in [1.82, 2.24) is 19.7 Å². The average molecular weight is 309 g/mol. The predicted molar refractivity (Wildman–Crippen MR) is 80.6 cm³/mol. The minimum absolute atomic E-state index is 0. The quantitative estimate of drug-likeness (QED) is 0.741. The molecular formula is C14H17ClN4O2. The number of methoxy groups -OCH3 is 1. The highest BCUT2D eigenvalue weighted by molar-refractivity contribution is 5.85. The van der Waals surface area contributed by atoms with Crippen LogP contribution in [0.3, 0.4) is 0 Å². The standard InChI is InChI=1S/C14H16N4O2.ClH/c1-9-4-11-12(5-10(9)2)18(8-15-11)6-13-16-14(7-19-3)20-17-13;/h4-5,8H,6-7H2,1-3H3;1H. The maximum atomic E-state index is 5.09. The third-order valence-corrected chi connectivity index (χ3v) is 3.33. The highest BCUT2D eigenvalue weighted by atomic mass is 35.5. The van der Waals surface area contributed by atoms with E-state index in [9.17, 15) is 0 Å². The Kier molecular flexibility index (Phi) is 4.59. The van der Waals surface area contributed by atoms with Gasteiger partial charge in [-0.2, -0.15) is 4.98 Å². The first-order valence-electron chi connectivity index (χ1n) is 6.40. The van der Waals surface area contributed by atoms with E-state index in [-0.39, 0.29) is 12.4 Å². The summed E-state index contributed by atoms with van der Waals surface area (Å²) in [6.07, 6.45) is 1.80. The zero-order valence-electron chi connectivity index (χ0n) is 12.2. The fraction of sp³-hybridized carbons (Fsp3) is 0.357. The number of imidazole rings is 1. The lowest BCUT2D eigenvalue weighted by Crippen LogP contribution is -2.00. The van der Waals surface area contributed by atoms with Crippen LogP contribution in [0.15, 0.2) is 23.0 Å². The molecule has 0 saturated heterocycles. The van der Waals surface area contributed by atoms with E-state index in [2.05, 4.69) is 41.1 Å². The van der Waals surface area contributed by atoms with Crippen molar-refractivity contribution in [2.75, 3.05) is 7.11 Å². The molecular weight excluding hydrogens is 292 g/mol. The Hall–Kier alpha value is -1.92. The van der Waals surface area contributed by atoms with Gasteiger partial charge in [0.1, 0.15) is 6.61 Å². The molecule has 0 radical (unpaired) electrons. The molecule has 112 valence electrons. The van der Waals surface area contributed by atoms with E-state index in [1.165, 1.54) is 11.1 Å². The van der Waals surface area contributed by atoms with Crippen LogP contribution >= 0.6 is 12.4 Å². The van der Waals surface area contributed by atoms with Crippen molar-refractivity contribution in [3.8, 4) is 0 Å². The molecule has 0 saturated carbocycles. The molecule has 0 fully saturated rings. The lowest BCUT2D eigenvalue weighted by Gasteiger charge is -2.03. The summed E-state index contributed by atoms with van der Waals surface area (Å²) in [7, 11) is 1.60. The molecule has 0 bridgehead atoms. The van der Waals surface area contributed by atoms with Gasteiger partial charge in [-0.25, -0.2) is 4.98 Å². The highest BCUT2D eigenvalue weighted by Gasteiger charge is 2.10. The molecule has 2 heterocycles. The second kappa shape index (κ2) is 6.24. The van der Waals surface area contributed by atoms with Gasteiger partial charge in [0.05, 0.1) is 23.9 Å². The van der Waals surface area contributed by atoms with Crippen molar-refractivity contribution in [3.63, 3.8) is 0 Å². The van der Waals surface area contributed by atoms with Crippen LogP contribution in [0.1, 0.15) is 22.8 Å². The molecule has 0 aliphatic heterocycles. The van der Waals surface area contributed by atoms with Crippen molar-refractivity contribution in [2.45, 2.75) is 27.0 Å². The van der Waals surface area contributed by atoms with Crippen LogP contribution in [0.4, 0.5) is 0 Å². The number of ether oxygens (including phenoxy) is 1. The van der Waals surface area contributed by atoms with Crippen molar-refractivity contribution >= 4 is 23.4 Å². The number of hydrogen-bond donors (Lipinski definition) is 0. The first-order chi connectivity index (χ1) is 9.67. The molecule has 6 nitrogen and oxygen atoms in total. The molecule has 1 aromatic carbocycles. The van der Waals surface area contributed by atoms with Crippen LogP contribution < -0.4 is 0 Å². The van der Waals surface area contributed by atoms with E-state index in [0.717, 1.165) is 11.0 Å². The minimum Gasteiger partial charge on any atom is -0.375 e. The Labute approximate surface area is 128 Å². The Bertz CT molecular complexity index is 751. The van der Waals surface area contributed by atoms with Gasteiger partial charge < -0.3 is 13.8 Å². The predicted octanol–water partition coefficient (Wildman–Crippen LogP) is 2.65. The maximum Gasteiger partial charge on any atom is 0.252 e. The summed E-state index contributed by atoms with van der Waals surface area (Å²) in [5.41, 5.74) is 4.54. The maximum absolute atomic E-state index is 5.09. The van der Waals surface area contributed by atoms with Gasteiger partial charge in [0.2, 0.25) is 0 Å². The van der Waals surface area contributed by atoms with E-state index >= 15 is 0 Å². The number of rotatable bonds is 4. The second-order valence-electron chi connectivity index (χ2n) is 4.84. The van der Waals surface area contributed by atoms with Crippen molar-refractivity contribution < 1.29 is 9.26 Å². The smallest absolute Gasteiger partial charge is 0.252 e. The summed E-state index contributed by atoms with van der Waals surface area (Å²) < 4.78 is 12.1. The second-order valence-corrected chi connectivity index (χ2v) is 4.84. The van der Waals surface area contributed by atoms with Crippen molar-refractivity contribution in [1.29, 1.82) is 0 Å². The molecule has 3 aromatic rings. The monoisotopic (exact) mass is 308 g/mol. The number of halogens is 1. The van der Waals surface area contributed by atoms with Crippen molar-refractivity contribution in [3.05, 3.63) is 41.3 Å². The van der Waals surface area contributed by atoms with Crippen LogP contribution in [-0.4, -0.2) is 26.8 Å². The van der Waals surface area contributed by atoms with Gasteiger partial charge in [0, 0.05) is 7.11 Å². The lowest BCUT2D eigenvalue weighted by molar-refractivity contribution is 0.151. The van der Waals surface area contributed by atoms with Gasteiger partial charge in [0.15, 0.2) is 5.82 Å². The number of nitrogens with zero attached hydrogens (tertiary/aromatic N) is 4. The van der Waals surface area contributed by atoms with E-state index in [1.54, 1.807) is 13.4 Å². The molecule has 0 N–H and O–H groups in total. The average Bonchev–Trinajstić information content (AvgIpc) is 3.00. The summed E-state index contributed by atoms with van der Waals surface area (Å²) in [6.45, 7) is 5.04. The third-order valence-electron chi connectivity index (χ3n) is 3.33. The molecule has 0 atom stereocenters. The molecule has 0 aliphatic carbocycles. The Morgan fingerprint density at radius 3 is 2.76 bits per heavy atom. The molecule has 7 heteroatoms. The SMILES string of the molecule is COCc1nc(Cn2cnc3cc(C)c(C)cc32)no1.Cl. The van der Waals surface area contributed by atoms with E-state index in [4.69, 9.17) is 9.26 Å². The van der Waals surface area contributed by atoms with Crippen molar-refractivity contribution in [2.24, 2.45) is 0 Å². The number of aromatic nitrogens is 4. The lowest BCUT2D eigenvalue weighted by atomic mass is 10.1. The van der Waals surface area contributed by atoms with Crippen LogP contribution in [0.2, 0.25) is 0 Å². The van der Waals surface area contributed by atoms with Gasteiger partial charge in [-0.05, 0) is 37.1 Å². The molecule has 0 amide bonds. The summed E-state index contributed by atoms with van der Waals surface area (Å²) in [4.78, 5) is 8.68. The summed E-state index contributed by atoms with van der Waals surface area (Å²) in [5, 5.41) is 3.94. The van der Waals surface area contributed by atoms with Gasteiger partial charge in [0.25, 0.3) is 5.89 Å². The van der Waals surface area contributed by atoms with Crippen LogP contribution in [0.25, 0.3) is 11.0 Å². The molecule has 21 heavy (non-hydrogen) atoms. The number of fused-ring (bicyclic) bond motifs is 1. The van der Waals surface area contributed by atoms with Gasteiger partial charge in [-0.15, -0.1) is 12.4 Å². The fourth-order valence-corrected chi connectivity index (χ4v) is 2.13. The molecule has 0 aliphatic rings. The van der Waals surface area contributed by atoms with Crippen LogP contribution in [-0.2, 0) is 17.9 Å². The normalized spacial score (nSPS) is 10.8. The van der Waals surface area contributed by atoms with Gasteiger partial charge in [-0.3, -0.25) is 0 Å². The van der Waals surface area contributed by atoms with Gasteiger partial charge in [-0.1, -0.05) is 5.16 Å². The largest absolute Gasteiger partial charge is 0.375 e. The molecule has 0 spiro atoms. The Morgan fingerprint density at radius 2 is 2.00 bits per heavy atom. The summed E-state index contributed by atoms with van der Waals surface area (Å²) in [5.74, 6) is 1.11. The molecule has 3 rings (SSSR count). The Balaban J connectivity index is 0.00000161. The van der Waals surface area contributed by atoms with Gasteiger partial charge >= 0.3 is 0 Å². The summed E-state index contributed by atoms with van der Waals surface area (Å²) in [6, 6.07) is 4.22. The van der Waals surface area contributed by atoms with Crippen LogP contribution in [0, 0.1) is 13.8 Å². The molecule has 2 aromatic heterocycles. The van der Waals surface area contributed by atoms with E-state index < -0.39 is 0 Å². The highest BCUT2D eigenvalue weighted by Crippen LogP contribution is 2.19. The number of aryl methyl sites for hydroxylation is 2. The first-order valence-corrected chi connectivity index (χ1v) is 6.40. The summed E-state index contributed by atoms with van der Waals surface area (Å²) >= 11 is 0. The number of benzene rings is 1. The Morgan fingerprint density at radius 1 is 1.24 bits per heavy atom. The fourth-order valence-electron chi connectivity index (χ4n) is 2.13. The van der Waals surface area contributed by atoms with E-state index in [1.807, 2.05) is 4.57 Å². The molecule has 0 unspecified atom stereocenters. The zero-order chi connectivity index (χ0) is 14.1. The topological polar surface area (TPSA) is 66.0 Å². The first kappa shape index (κ1) is 15.5. The van der Waals surface area contributed by atoms with Crippen LogP contribution in [0.5, 0.6) is 0 Å². The minimum atomic E-state index is 0. The zero-order valence-corrected chi connectivity index (χ0v) is 13.0. The number of hydrogen-bond acceptors (Lipinski definition) is 5. The third kappa shape index (κ3) is 3.06.